The number of rotatable bonds is 5. The molecule has 2 aromatic heterocycles. The van der Waals surface area contributed by atoms with E-state index in [1.807, 2.05) is 0 Å². The van der Waals surface area contributed by atoms with Crippen molar-refractivity contribution in [1.82, 2.24) is 19.9 Å². The molecule has 170 valence electrons. The lowest BCUT2D eigenvalue weighted by molar-refractivity contribution is -0.138. The summed E-state index contributed by atoms with van der Waals surface area (Å²) < 4.78 is 71.5. The van der Waals surface area contributed by atoms with E-state index < -0.39 is 36.2 Å². The van der Waals surface area contributed by atoms with Gasteiger partial charge in [-0.2, -0.15) is 32.0 Å². The minimum absolute atomic E-state index is 0.00897. The Hall–Kier alpha value is -3.11. The molecule has 32 heavy (non-hydrogen) atoms. The first kappa shape index (κ1) is 22.1. The molecule has 1 saturated carbocycles. The van der Waals surface area contributed by atoms with Gasteiger partial charge in [0.1, 0.15) is 5.69 Å². The molecule has 1 fully saturated rings. The van der Waals surface area contributed by atoms with Crippen LogP contribution in [0, 0.1) is 0 Å². The first-order chi connectivity index (χ1) is 15.2. The van der Waals surface area contributed by atoms with Crippen LogP contribution in [-0.4, -0.2) is 19.9 Å². The summed E-state index contributed by atoms with van der Waals surface area (Å²) in [5.74, 6) is -1.26. The second-order valence-corrected chi connectivity index (χ2v) is 7.69. The van der Waals surface area contributed by atoms with E-state index in [0.717, 1.165) is 42.9 Å². The summed E-state index contributed by atoms with van der Waals surface area (Å²) >= 11 is 0. The Morgan fingerprint density at radius 3 is 2.50 bits per heavy atom. The number of benzene rings is 1. The largest absolute Gasteiger partial charge is 0.416 e. The maximum absolute atomic E-state index is 13.4. The van der Waals surface area contributed by atoms with Crippen LogP contribution in [-0.2, 0) is 12.7 Å². The van der Waals surface area contributed by atoms with Crippen LogP contribution in [0.1, 0.15) is 67.0 Å². The van der Waals surface area contributed by atoms with Crippen molar-refractivity contribution < 1.29 is 26.5 Å². The van der Waals surface area contributed by atoms with E-state index in [1.165, 1.54) is 24.3 Å². The summed E-state index contributed by atoms with van der Waals surface area (Å²) in [6.07, 6.45) is -3.25. The molecule has 4 rings (SSSR count). The second-order valence-electron chi connectivity index (χ2n) is 7.69. The molecule has 11 heteroatoms. The lowest BCUT2D eigenvalue weighted by atomic mass is 9.84. The normalized spacial score (nSPS) is 15.4. The Morgan fingerprint density at radius 2 is 1.84 bits per heavy atom. The Bertz CT molecular complexity index is 1150. The van der Waals surface area contributed by atoms with Crippen molar-refractivity contribution in [3.63, 3.8) is 0 Å². The fourth-order valence-corrected chi connectivity index (χ4v) is 4.01. The van der Waals surface area contributed by atoms with Crippen LogP contribution in [0.25, 0.3) is 11.5 Å². The van der Waals surface area contributed by atoms with E-state index in [4.69, 9.17) is 0 Å². The van der Waals surface area contributed by atoms with Crippen LogP contribution < -0.4 is 5.56 Å². The molecule has 0 saturated heterocycles. The summed E-state index contributed by atoms with van der Waals surface area (Å²) in [6.45, 7) is -0.443. The predicted molar refractivity (Wildman–Crippen MR) is 103 cm³/mol. The van der Waals surface area contributed by atoms with Crippen LogP contribution in [0.5, 0.6) is 0 Å². The third kappa shape index (κ3) is 4.56. The second kappa shape index (κ2) is 8.79. The topological polar surface area (TPSA) is 73.8 Å². The van der Waals surface area contributed by atoms with Gasteiger partial charge in [-0.3, -0.25) is 4.79 Å². The van der Waals surface area contributed by atoms with Crippen molar-refractivity contribution in [3.05, 3.63) is 63.3 Å². The van der Waals surface area contributed by atoms with Gasteiger partial charge >= 0.3 is 12.6 Å². The minimum Gasteiger partial charge on any atom is -0.333 e. The molecule has 0 unspecified atom stereocenters. The van der Waals surface area contributed by atoms with Crippen LogP contribution in [0.15, 0.2) is 39.6 Å². The zero-order valence-electron chi connectivity index (χ0n) is 16.8. The average molecular weight is 454 g/mol. The summed E-state index contributed by atoms with van der Waals surface area (Å²) in [4.78, 5) is 16.8. The van der Waals surface area contributed by atoms with Crippen molar-refractivity contribution in [2.24, 2.45) is 0 Å². The highest BCUT2D eigenvalue weighted by molar-refractivity contribution is 5.49. The molecule has 3 aromatic rings. The van der Waals surface area contributed by atoms with Crippen LogP contribution in [0.3, 0.4) is 0 Å². The monoisotopic (exact) mass is 454 g/mol. The third-order valence-electron chi connectivity index (χ3n) is 5.55. The van der Waals surface area contributed by atoms with E-state index in [-0.39, 0.29) is 23.0 Å². The van der Waals surface area contributed by atoms with Gasteiger partial charge in [-0.15, -0.1) is 0 Å². The van der Waals surface area contributed by atoms with E-state index in [9.17, 15) is 26.7 Å². The van der Waals surface area contributed by atoms with Gasteiger partial charge in [-0.05, 0) is 36.5 Å². The summed E-state index contributed by atoms with van der Waals surface area (Å²) in [7, 11) is 0. The van der Waals surface area contributed by atoms with Gasteiger partial charge in [0.2, 0.25) is 5.82 Å². The average Bonchev–Trinajstić information content (AvgIpc) is 3.26. The van der Waals surface area contributed by atoms with E-state index in [2.05, 4.69) is 19.8 Å². The molecule has 0 N–H and O–H groups in total. The zero-order valence-corrected chi connectivity index (χ0v) is 16.8. The Labute approximate surface area is 179 Å². The minimum atomic E-state index is -4.61. The van der Waals surface area contributed by atoms with Gasteiger partial charge < -0.3 is 4.52 Å². The smallest absolute Gasteiger partial charge is 0.333 e. The van der Waals surface area contributed by atoms with Crippen molar-refractivity contribution >= 4 is 0 Å². The Kier molecular flexibility index (Phi) is 6.07. The number of hydrogen-bond acceptors (Lipinski definition) is 5. The van der Waals surface area contributed by atoms with Crippen molar-refractivity contribution in [2.45, 2.75) is 57.2 Å². The molecule has 6 nitrogen and oxygen atoms in total. The molecule has 0 spiro atoms. The van der Waals surface area contributed by atoms with Gasteiger partial charge in [0.15, 0.2) is 0 Å². The van der Waals surface area contributed by atoms with Gasteiger partial charge in [-0.1, -0.05) is 42.6 Å². The standard InChI is InChI=1S/C21H19F5N4O2/c22-17(23)19-27-18(29-32-19)16-10-14(12-6-2-1-3-7-12)20(31)30(28-16)11-13-8-4-5-9-15(13)21(24,25)26/h4-5,8-10,12,17H,1-3,6-7,11H2. The van der Waals surface area contributed by atoms with Gasteiger partial charge in [0, 0.05) is 5.56 Å². The Balaban J connectivity index is 1.82. The van der Waals surface area contributed by atoms with Gasteiger partial charge in [-0.25, -0.2) is 4.68 Å². The highest BCUT2D eigenvalue weighted by atomic mass is 19.4. The molecule has 0 radical (unpaired) electrons. The van der Waals surface area contributed by atoms with Crippen molar-refractivity contribution in [3.8, 4) is 11.5 Å². The summed E-state index contributed by atoms with van der Waals surface area (Å²) in [6, 6.07) is 6.34. The molecule has 0 aliphatic heterocycles. The first-order valence-electron chi connectivity index (χ1n) is 10.1. The number of nitrogens with zero attached hydrogens (tertiary/aromatic N) is 4. The number of aromatic nitrogens is 4. The molecular formula is C21H19F5N4O2. The number of halogens is 5. The maximum Gasteiger partial charge on any atom is 0.416 e. The lowest BCUT2D eigenvalue weighted by Crippen LogP contribution is -2.30. The quantitative estimate of drug-likeness (QED) is 0.486. The molecule has 1 aliphatic rings. The zero-order chi connectivity index (χ0) is 22.9. The van der Waals surface area contributed by atoms with Gasteiger partial charge in [0.25, 0.3) is 11.4 Å². The number of hydrogen-bond donors (Lipinski definition) is 0. The fourth-order valence-electron chi connectivity index (χ4n) is 4.01. The van der Waals surface area contributed by atoms with Crippen molar-refractivity contribution in [2.75, 3.05) is 0 Å². The summed E-state index contributed by atoms with van der Waals surface area (Å²) in [5, 5.41) is 7.60. The molecule has 2 heterocycles. The van der Waals surface area contributed by atoms with Gasteiger partial charge in [0.05, 0.1) is 12.1 Å². The molecule has 1 aliphatic carbocycles. The predicted octanol–water partition coefficient (Wildman–Crippen LogP) is 5.35. The molecule has 1 aromatic carbocycles. The van der Waals surface area contributed by atoms with E-state index in [0.29, 0.717) is 5.56 Å². The van der Waals surface area contributed by atoms with Crippen LogP contribution in [0.4, 0.5) is 22.0 Å². The maximum atomic E-state index is 13.4. The van der Waals surface area contributed by atoms with E-state index in [1.54, 1.807) is 0 Å². The summed E-state index contributed by atoms with van der Waals surface area (Å²) in [5.41, 5.74) is -1.18. The molecule has 0 bridgehead atoms. The number of alkyl halides is 5. The lowest BCUT2D eigenvalue weighted by Gasteiger charge is -2.22. The Morgan fingerprint density at radius 1 is 1.12 bits per heavy atom. The van der Waals surface area contributed by atoms with Crippen LogP contribution in [0.2, 0.25) is 0 Å². The van der Waals surface area contributed by atoms with E-state index >= 15 is 0 Å². The molecule has 0 amide bonds. The molecule has 0 atom stereocenters. The first-order valence-corrected chi connectivity index (χ1v) is 10.1. The fraction of sp³-hybridized carbons (Fsp3) is 0.429. The molecular weight excluding hydrogens is 435 g/mol. The van der Waals surface area contributed by atoms with Crippen molar-refractivity contribution in [1.29, 1.82) is 0 Å². The SMILES string of the molecule is O=c1c(C2CCCCC2)cc(-c2noc(C(F)F)n2)nn1Cc1ccccc1C(F)(F)F. The highest BCUT2D eigenvalue weighted by Crippen LogP contribution is 2.34. The highest BCUT2D eigenvalue weighted by Gasteiger charge is 2.33. The third-order valence-corrected chi connectivity index (χ3v) is 5.55. The van der Waals surface area contributed by atoms with Crippen LogP contribution >= 0.6 is 0 Å².